The van der Waals surface area contributed by atoms with E-state index in [0.717, 1.165) is 0 Å². The summed E-state index contributed by atoms with van der Waals surface area (Å²) < 4.78 is 0. The second kappa shape index (κ2) is 4.62. The fourth-order valence-corrected chi connectivity index (χ4v) is 1.30. The zero-order valence-corrected chi connectivity index (χ0v) is 9.41. The molecule has 18 heavy (non-hydrogen) atoms. The second-order valence-corrected chi connectivity index (χ2v) is 3.69. The molecule has 0 aliphatic rings. The molecular formula is C12H12N4O2. The van der Waals surface area contributed by atoms with Crippen LogP contribution in [0.25, 0.3) is 0 Å². The minimum Gasteiger partial charge on any atom is -0.506 e. The van der Waals surface area contributed by atoms with Crippen LogP contribution in [-0.4, -0.2) is 10.2 Å². The van der Waals surface area contributed by atoms with E-state index in [4.69, 9.17) is 11.5 Å². The second-order valence-electron chi connectivity index (χ2n) is 3.69. The summed E-state index contributed by atoms with van der Waals surface area (Å²) in [4.78, 5) is 0. The summed E-state index contributed by atoms with van der Waals surface area (Å²) in [6, 6.07) is 9.10. The zero-order valence-electron chi connectivity index (χ0n) is 9.41. The highest BCUT2D eigenvalue weighted by molar-refractivity contribution is 5.60. The number of hydrogen-bond donors (Lipinski definition) is 4. The van der Waals surface area contributed by atoms with E-state index < -0.39 is 0 Å². The van der Waals surface area contributed by atoms with Gasteiger partial charge in [0.05, 0.1) is 22.7 Å². The maximum absolute atomic E-state index is 9.39. The third-order valence-corrected chi connectivity index (χ3v) is 2.31. The summed E-state index contributed by atoms with van der Waals surface area (Å²) >= 11 is 0. The molecule has 2 rings (SSSR count). The number of aromatic hydroxyl groups is 2. The molecule has 0 aromatic heterocycles. The lowest BCUT2D eigenvalue weighted by molar-refractivity contribution is 0.477. The zero-order chi connectivity index (χ0) is 13.1. The first-order valence-corrected chi connectivity index (χ1v) is 5.15. The van der Waals surface area contributed by atoms with Gasteiger partial charge in [-0.15, -0.1) is 0 Å². The van der Waals surface area contributed by atoms with E-state index in [1.807, 2.05) is 0 Å². The Kier molecular flexibility index (Phi) is 3.01. The Hall–Kier alpha value is -2.76. The molecule has 0 unspecified atom stereocenters. The van der Waals surface area contributed by atoms with Crippen molar-refractivity contribution in [2.75, 3.05) is 11.5 Å². The van der Waals surface area contributed by atoms with Gasteiger partial charge in [0, 0.05) is 12.1 Å². The van der Waals surface area contributed by atoms with E-state index in [2.05, 4.69) is 10.2 Å². The standard InChI is InChI=1S/C12H12N4O2/c13-9-3-1-7(5-11(9)17)15-16-8-2-4-10(14)12(18)6-8/h1-6,17-18H,13-14H2. The topological polar surface area (TPSA) is 117 Å². The highest BCUT2D eigenvalue weighted by Gasteiger charge is 1.99. The van der Waals surface area contributed by atoms with Crippen molar-refractivity contribution in [3.63, 3.8) is 0 Å². The van der Waals surface area contributed by atoms with Crippen LogP contribution in [0.4, 0.5) is 22.7 Å². The van der Waals surface area contributed by atoms with Gasteiger partial charge in [0.15, 0.2) is 0 Å². The molecule has 6 N–H and O–H groups in total. The van der Waals surface area contributed by atoms with Crippen LogP contribution in [0, 0.1) is 0 Å². The number of nitrogen functional groups attached to an aromatic ring is 2. The highest BCUT2D eigenvalue weighted by Crippen LogP contribution is 2.29. The molecule has 0 aliphatic carbocycles. The molecule has 0 fully saturated rings. The summed E-state index contributed by atoms with van der Waals surface area (Å²) in [5.41, 5.74) is 12.4. The minimum atomic E-state index is -0.0494. The Morgan fingerprint density at radius 1 is 0.722 bits per heavy atom. The Morgan fingerprint density at radius 2 is 1.11 bits per heavy atom. The number of nitrogens with zero attached hydrogens (tertiary/aromatic N) is 2. The SMILES string of the molecule is Nc1ccc(N=Nc2ccc(N)c(O)c2)cc1O. The summed E-state index contributed by atoms with van der Waals surface area (Å²) in [7, 11) is 0. The number of phenols is 2. The first-order valence-electron chi connectivity index (χ1n) is 5.15. The molecule has 0 atom stereocenters. The van der Waals surface area contributed by atoms with E-state index in [0.29, 0.717) is 11.4 Å². The van der Waals surface area contributed by atoms with E-state index in [-0.39, 0.29) is 22.9 Å². The van der Waals surface area contributed by atoms with Crippen LogP contribution >= 0.6 is 0 Å². The first-order chi connectivity index (χ1) is 8.56. The molecule has 0 bridgehead atoms. The normalized spacial score (nSPS) is 10.9. The van der Waals surface area contributed by atoms with Gasteiger partial charge in [0.1, 0.15) is 11.5 Å². The van der Waals surface area contributed by atoms with Crippen LogP contribution in [-0.2, 0) is 0 Å². The summed E-state index contributed by atoms with van der Waals surface area (Å²) in [5, 5.41) is 26.6. The van der Waals surface area contributed by atoms with Crippen molar-refractivity contribution in [2.24, 2.45) is 10.2 Å². The Labute approximate surface area is 103 Å². The van der Waals surface area contributed by atoms with Gasteiger partial charge >= 0.3 is 0 Å². The fourth-order valence-electron chi connectivity index (χ4n) is 1.30. The third-order valence-electron chi connectivity index (χ3n) is 2.31. The quantitative estimate of drug-likeness (QED) is 0.369. The number of benzene rings is 2. The van der Waals surface area contributed by atoms with Crippen molar-refractivity contribution < 1.29 is 10.2 Å². The van der Waals surface area contributed by atoms with Crippen LogP contribution in [0.1, 0.15) is 0 Å². The lowest BCUT2D eigenvalue weighted by Gasteiger charge is -2.00. The van der Waals surface area contributed by atoms with Crippen molar-refractivity contribution in [1.29, 1.82) is 0 Å². The van der Waals surface area contributed by atoms with Crippen molar-refractivity contribution in [1.82, 2.24) is 0 Å². The summed E-state index contributed by atoms with van der Waals surface area (Å²) in [6.45, 7) is 0. The van der Waals surface area contributed by atoms with Crippen LogP contribution in [0.2, 0.25) is 0 Å². The molecule has 0 saturated heterocycles. The van der Waals surface area contributed by atoms with Crippen molar-refractivity contribution >= 4 is 22.7 Å². The van der Waals surface area contributed by atoms with E-state index in [1.165, 1.54) is 24.3 Å². The van der Waals surface area contributed by atoms with Crippen LogP contribution < -0.4 is 11.5 Å². The Bertz CT molecular complexity index is 558. The van der Waals surface area contributed by atoms with E-state index in [9.17, 15) is 10.2 Å². The number of anilines is 2. The number of azo groups is 1. The molecule has 6 heteroatoms. The average Bonchev–Trinajstić information content (AvgIpc) is 2.35. The first kappa shape index (κ1) is 11.7. The van der Waals surface area contributed by atoms with E-state index in [1.54, 1.807) is 12.1 Å². The monoisotopic (exact) mass is 244 g/mol. The molecule has 0 aliphatic heterocycles. The van der Waals surface area contributed by atoms with Gasteiger partial charge < -0.3 is 21.7 Å². The van der Waals surface area contributed by atoms with Gasteiger partial charge in [0.2, 0.25) is 0 Å². The molecule has 92 valence electrons. The highest BCUT2D eigenvalue weighted by atomic mass is 16.3. The number of nitrogens with two attached hydrogens (primary N) is 2. The number of rotatable bonds is 2. The molecule has 2 aromatic carbocycles. The van der Waals surface area contributed by atoms with Crippen molar-refractivity contribution in [3.8, 4) is 11.5 Å². The third kappa shape index (κ3) is 2.49. The number of phenolic OH excluding ortho intramolecular Hbond substituents is 2. The maximum atomic E-state index is 9.39. The van der Waals surface area contributed by atoms with E-state index >= 15 is 0 Å². The molecule has 6 nitrogen and oxygen atoms in total. The van der Waals surface area contributed by atoms with Gasteiger partial charge in [-0.3, -0.25) is 0 Å². The molecule has 0 radical (unpaired) electrons. The van der Waals surface area contributed by atoms with Crippen LogP contribution in [0.3, 0.4) is 0 Å². The van der Waals surface area contributed by atoms with Gasteiger partial charge in [-0.2, -0.15) is 10.2 Å². The molecule has 0 saturated carbocycles. The van der Waals surface area contributed by atoms with Gasteiger partial charge in [0.25, 0.3) is 0 Å². The lowest BCUT2D eigenvalue weighted by Crippen LogP contribution is -1.83. The molecular weight excluding hydrogens is 232 g/mol. The summed E-state index contributed by atoms with van der Waals surface area (Å²) in [5.74, 6) is -0.0989. The van der Waals surface area contributed by atoms with Crippen molar-refractivity contribution in [2.45, 2.75) is 0 Å². The Balaban J connectivity index is 2.24. The predicted molar refractivity (Wildman–Crippen MR) is 69.2 cm³/mol. The Morgan fingerprint density at radius 3 is 1.44 bits per heavy atom. The molecule has 2 aromatic rings. The molecule has 0 spiro atoms. The average molecular weight is 244 g/mol. The van der Waals surface area contributed by atoms with Gasteiger partial charge in [-0.05, 0) is 24.3 Å². The summed E-state index contributed by atoms with van der Waals surface area (Å²) in [6.07, 6.45) is 0. The number of hydrogen-bond acceptors (Lipinski definition) is 6. The predicted octanol–water partition coefficient (Wildman–Crippen LogP) is 2.68. The minimum absolute atomic E-state index is 0.0494. The van der Waals surface area contributed by atoms with Crippen molar-refractivity contribution in [3.05, 3.63) is 36.4 Å². The largest absolute Gasteiger partial charge is 0.506 e. The van der Waals surface area contributed by atoms with Crippen LogP contribution in [0.15, 0.2) is 46.6 Å². The van der Waals surface area contributed by atoms with Crippen LogP contribution in [0.5, 0.6) is 11.5 Å². The smallest absolute Gasteiger partial charge is 0.140 e. The maximum Gasteiger partial charge on any atom is 0.140 e. The molecule has 0 amide bonds. The fraction of sp³-hybridized carbons (Fsp3) is 0. The van der Waals surface area contributed by atoms with Gasteiger partial charge in [-0.25, -0.2) is 0 Å². The lowest BCUT2D eigenvalue weighted by atomic mass is 10.2. The molecule has 0 heterocycles. The van der Waals surface area contributed by atoms with Gasteiger partial charge in [-0.1, -0.05) is 0 Å².